The fraction of sp³-hybridized carbons (Fsp3) is 0.520. The first kappa shape index (κ1) is 22.1. The molecule has 28 heavy (non-hydrogen) atoms. The summed E-state index contributed by atoms with van der Waals surface area (Å²) < 4.78 is 11.6. The molecule has 0 radical (unpaired) electrons. The van der Waals surface area contributed by atoms with Crippen molar-refractivity contribution < 1.29 is 9.47 Å². The molecule has 3 nitrogen and oxygen atoms in total. The summed E-state index contributed by atoms with van der Waals surface area (Å²) in [6.07, 6.45) is 6.31. The van der Waals surface area contributed by atoms with E-state index in [1.54, 1.807) is 0 Å². The predicted molar refractivity (Wildman–Crippen MR) is 120 cm³/mol. The van der Waals surface area contributed by atoms with Crippen molar-refractivity contribution in [2.24, 2.45) is 0 Å². The lowest BCUT2D eigenvalue weighted by molar-refractivity contribution is 0.304. The number of benzene rings is 2. The summed E-state index contributed by atoms with van der Waals surface area (Å²) >= 11 is 0. The Labute approximate surface area is 171 Å². The fourth-order valence-electron chi connectivity index (χ4n) is 2.98. The molecule has 0 aromatic heterocycles. The summed E-state index contributed by atoms with van der Waals surface area (Å²) in [5.41, 5.74) is 2.58. The molecule has 0 aliphatic heterocycles. The lowest BCUT2D eigenvalue weighted by Gasteiger charge is -2.19. The van der Waals surface area contributed by atoms with Crippen LogP contribution < -0.4 is 14.8 Å². The molecule has 0 heterocycles. The molecule has 0 aliphatic rings. The second kappa shape index (κ2) is 11.6. The van der Waals surface area contributed by atoms with E-state index in [1.807, 2.05) is 12.1 Å². The standard InChI is InChI=1S/C25H37NO2/c1-5-6-7-8-9-19-27-24-16-12-22(13-17-24)26-18-20-28-23-14-10-21(11-15-23)25(2,3)4/h10-17,26H,5-9,18-20H2,1-4H3. The van der Waals surface area contributed by atoms with Crippen LogP contribution in [0.25, 0.3) is 0 Å². The molecule has 0 atom stereocenters. The van der Waals surface area contributed by atoms with E-state index in [9.17, 15) is 0 Å². The minimum absolute atomic E-state index is 0.172. The monoisotopic (exact) mass is 383 g/mol. The van der Waals surface area contributed by atoms with E-state index in [1.165, 1.54) is 31.2 Å². The Morgan fingerprint density at radius 2 is 1.29 bits per heavy atom. The molecule has 1 N–H and O–H groups in total. The van der Waals surface area contributed by atoms with Gasteiger partial charge >= 0.3 is 0 Å². The first-order valence-corrected chi connectivity index (χ1v) is 10.7. The molecule has 154 valence electrons. The highest BCUT2D eigenvalue weighted by Crippen LogP contribution is 2.24. The van der Waals surface area contributed by atoms with Crippen LogP contribution in [0.2, 0.25) is 0 Å². The largest absolute Gasteiger partial charge is 0.494 e. The van der Waals surface area contributed by atoms with Crippen molar-refractivity contribution in [3.63, 3.8) is 0 Å². The van der Waals surface area contributed by atoms with Gasteiger partial charge in [0, 0.05) is 12.2 Å². The summed E-state index contributed by atoms with van der Waals surface area (Å²) in [7, 11) is 0. The van der Waals surface area contributed by atoms with Gasteiger partial charge in [0.15, 0.2) is 0 Å². The van der Waals surface area contributed by atoms with Gasteiger partial charge in [0.05, 0.1) is 6.61 Å². The highest BCUT2D eigenvalue weighted by atomic mass is 16.5. The highest BCUT2D eigenvalue weighted by Gasteiger charge is 2.12. The average molecular weight is 384 g/mol. The Balaban J connectivity index is 1.62. The minimum atomic E-state index is 0.172. The topological polar surface area (TPSA) is 30.5 Å². The molecular formula is C25H37NO2. The molecule has 0 spiro atoms. The third kappa shape index (κ3) is 8.24. The van der Waals surface area contributed by atoms with Gasteiger partial charge in [-0.3, -0.25) is 0 Å². The first-order chi connectivity index (χ1) is 13.5. The van der Waals surface area contributed by atoms with Crippen LogP contribution in [-0.4, -0.2) is 19.8 Å². The van der Waals surface area contributed by atoms with Gasteiger partial charge < -0.3 is 14.8 Å². The molecular weight excluding hydrogens is 346 g/mol. The van der Waals surface area contributed by atoms with Crippen LogP contribution in [-0.2, 0) is 5.41 Å². The number of anilines is 1. The van der Waals surface area contributed by atoms with Crippen LogP contribution in [0.5, 0.6) is 11.5 Å². The lowest BCUT2D eigenvalue weighted by atomic mass is 9.87. The molecule has 0 unspecified atom stereocenters. The van der Waals surface area contributed by atoms with Gasteiger partial charge in [0.1, 0.15) is 18.1 Å². The third-order valence-electron chi connectivity index (χ3n) is 4.79. The van der Waals surface area contributed by atoms with Crippen LogP contribution in [0.1, 0.15) is 65.4 Å². The average Bonchev–Trinajstić information content (AvgIpc) is 2.69. The molecule has 3 heteroatoms. The van der Waals surface area contributed by atoms with E-state index in [2.05, 4.69) is 69.4 Å². The third-order valence-corrected chi connectivity index (χ3v) is 4.79. The Morgan fingerprint density at radius 1 is 0.714 bits per heavy atom. The number of nitrogens with one attached hydrogen (secondary N) is 1. The van der Waals surface area contributed by atoms with E-state index in [0.717, 1.165) is 36.8 Å². The molecule has 0 fully saturated rings. The van der Waals surface area contributed by atoms with Crippen molar-refractivity contribution in [3.8, 4) is 11.5 Å². The van der Waals surface area contributed by atoms with Crippen LogP contribution in [0, 0.1) is 0 Å². The van der Waals surface area contributed by atoms with Crippen LogP contribution in [0.4, 0.5) is 5.69 Å². The van der Waals surface area contributed by atoms with Gasteiger partial charge in [0.25, 0.3) is 0 Å². The van der Waals surface area contributed by atoms with E-state index in [4.69, 9.17) is 9.47 Å². The quantitative estimate of drug-likeness (QED) is 0.408. The molecule has 0 bridgehead atoms. The van der Waals surface area contributed by atoms with E-state index < -0.39 is 0 Å². The zero-order valence-electron chi connectivity index (χ0n) is 18.1. The van der Waals surface area contributed by atoms with Gasteiger partial charge in [0.2, 0.25) is 0 Å². The van der Waals surface area contributed by atoms with E-state index in [0.29, 0.717) is 6.61 Å². The van der Waals surface area contributed by atoms with E-state index >= 15 is 0 Å². The van der Waals surface area contributed by atoms with Crippen molar-refractivity contribution in [2.75, 3.05) is 25.1 Å². The maximum absolute atomic E-state index is 5.83. The van der Waals surface area contributed by atoms with Crippen molar-refractivity contribution in [1.82, 2.24) is 0 Å². The van der Waals surface area contributed by atoms with Gasteiger partial charge in [-0.25, -0.2) is 0 Å². The fourth-order valence-corrected chi connectivity index (χ4v) is 2.98. The van der Waals surface area contributed by atoms with Gasteiger partial charge in [-0.2, -0.15) is 0 Å². The zero-order chi connectivity index (χ0) is 20.2. The number of rotatable bonds is 12. The summed E-state index contributed by atoms with van der Waals surface area (Å²) in [5.74, 6) is 1.86. The molecule has 0 saturated heterocycles. The zero-order valence-corrected chi connectivity index (χ0v) is 18.1. The van der Waals surface area contributed by atoms with Crippen molar-refractivity contribution >= 4 is 5.69 Å². The van der Waals surface area contributed by atoms with Crippen molar-refractivity contribution in [2.45, 2.75) is 65.2 Å². The number of hydrogen-bond acceptors (Lipinski definition) is 3. The van der Waals surface area contributed by atoms with Crippen LogP contribution in [0.15, 0.2) is 48.5 Å². The van der Waals surface area contributed by atoms with E-state index in [-0.39, 0.29) is 5.41 Å². The second-order valence-corrected chi connectivity index (χ2v) is 8.34. The maximum Gasteiger partial charge on any atom is 0.119 e. The Hall–Kier alpha value is -2.16. The summed E-state index contributed by atoms with van der Waals surface area (Å²) in [6.45, 7) is 11.1. The SMILES string of the molecule is CCCCCCCOc1ccc(NCCOc2ccc(C(C)(C)C)cc2)cc1. The van der Waals surface area contributed by atoms with Crippen LogP contribution >= 0.6 is 0 Å². The molecule has 2 aromatic carbocycles. The molecule has 0 amide bonds. The second-order valence-electron chi connectivity index (χ2n) is 8.34. The number of unbranched alkanes of at least 4 members (excludes halogenated alkanes) is 4. The Morgan fingerprint density at radius 3 is 1.89 bits per heavy atom. The normalized spacial score (nSPS) is 11.3. The first-order valence-electron chi connectivity index (χ1n) is 10.7. The summed E-state index contributed by atoms with van der Waals surface area (Å²) in [4.78, 5) is 0. The molecule has 2 aromatic rings. The molecule has 0 saturated carbocycles. The maximum atomic E-state index is 5.83. The summed E-state index contributed by atoms with van der Waals surface area (Å²) in [5, 5.41) is 3.39. The number of ether oxygens (including phenoxy) is 2. The van der Waals surface area contributed by atoms with Gasteiger partial charge in [-0.1, -0.05) is 65.5 Å². The lowest BCUT2D eigenvalue weighted by Crippen LogP contribution is -2.12. The van der Waals surface area contributed by atoms with Gasteiger partial charge in [-0.15, -0.1) is 0 Å². The Kier molecular flexibility index (Phi) is 9.19. The minimum Gasteiger partial charge on any atom is -0.494 e. The summed E-state index contributed by atoms with van der Waals surface area (Å²) in [6, 6.07) is 16.6. The van der Waals surface area contributed by atoms with Crippen molar-refractivity contribution in [3.05, 3.63) is 54.1 Å². The number of hydrogen-bond donors (Lipinski definition) is 1. The molecule has 2 rings (SSSR count). The predicted octanol–water partition coefficient (Wildman–Crippen LogP) is 6.82. The van der Waals surface area contributed by atoms with Gasteiger partial charge in [-0.05, 0) is 53.8 Å². The highest BCUT2D eigenvalue weighted by molar-refractivity contribution is 5.46. The smallest absolute Gasteiger partial charge is 0.119 e. The Bertz CT molecular complexity index is 656. The van der Waals surface area contributed by atoms with Crippen molar-refractivity contribution in [1.29, 1.82) is 0 Å². The van der Waals surface area contributed by atoms with Crippen LogP contribution in [0.3, 0.4) is 0 Å². The molecule has 0 aliphatic carbocycles.